The van der Waals surface area contributed by atoms with Gasteiger partial charge in [0.25, 0.3) is 5.91 Å². The molecule has 9 heteroatoms. The number of aromatic nitrogens is 2. The van der Waals surface area contributed by atoms with Crippen LogP contribution in [-0.2, 0) is 19.4 Å². The van der Waals surface area contributed by atoms with E-state index in [-0.39, 0.29) is 17.3 Å². The van der Waals surface area contributed by atoms with Crippen molar-refractivity contribution < 1.29 is 14.6 Å². The molecule has 5 N–H and O–H groups in total. The Morgan fingerprint density at radius 3 is 2.62 bits per heavy atom. The number of aliphatic hydroxyl groups excluding tert-OH is 1. The smallest absolute Gasteiger partial charge is 0.254 e. The number of hydrogen-bond donors (Lipinski definition) is 4. The van der Waals surface area contributed by atoms with Crippen LogP contribution in [0.4, 0.5) is 23.1 Å². The summed E-state index contributed by atoms with van der Waals surface area (Å²) in [6.07, 6.45) is 2.04. The number of amides is 1. The minimum absolute atomic E-state index is 0.151. The lowest BCUT2D eigenvalue weighted by Crippen LogP contribution is -2.26. The van der Waals surface area contributed by atoms with Crippen molar-refractivity contribution in [1.29, 1.82) is 0 Å². The molecule has 0 bridgehead atoms. The molecule has 4 aromatic rings. The van der Waals surface area contributed by atoms with Gasteiger partial charge in [-0.25, -0.2) is 4.98 Å². The van der Waals surface area contributed by atoms with Crippen molar-refractivity contribution in [2.75, 3.05) is 31.3 Å². The van der Waals surface area contributed by atoms with Crippen molar-refractivity contribution in [3.05, 3.63) is 101 Å². The fourth-order valence-electron chi connectivity index (χ4n) is 4.78. The highest BCUT2D eigenvalue weighted by Gasteiger charge is 2.19. The lowest BCUT2D eigenvalue weighted by molar-refractivity contribution is 0.100. The van der Waals surface area contributed by atoms with Crippen LogP contribution in [0.25, 0.3) is 0 Å². The van der Waals surface area contributed by atoms with Gasteiger partial charge >= 0.3 is 0 Å². The number of rotatable bonds is 9. The molecule has 1 atom stereocenters. The second kappa shape index (κ2) is 11.5. The number of para-hydroxylation sites is 1. The van der Waals surface area contributed by atoms with Gasteiger partial charge in [0.05, 0.1) is 18.9 Å². The van der Waals surface area contributed by atoms with Gasteiger partial charge in [-0.05, 0) is 53.9 Å². The third kappa shape index (κ3) is 6.00. The number of methoxy groups -OCH3 is 1. The average Bonchev–Trinajstić information content (AvgIpc) is 2.94. The standard InChI is InChI=1S/C30H32N6O3/c1-36-13-12-20-16-27(39-2)25(14-22(20)18-36)34-30-32-17-23(28(31)38)29(35-30)33-24-11-7-6-10-21(24)15-26(37)19-8-4-3-5-9-19/h3-11,14,16-17,26,37H,12-13,15,18H2,1-2H3,(H2,31,38)(H2,32,33,34,35)/t26-/m0/s1. The van der Waals surface area contributed by atoms with Crippen LogP contribution in [0.3, 0.4) is 0 Å². The maximum atomic E-state index is 12.2. The summed E-state index contributed by atoms with van der Waals surface area (Å²) in [6.45, 7) is 1.84. The van der Waals surface area contributed by atoms with E-state index in [0.29, 0.717) is 17.9 Å². The molecule has 0 aliphatic carbocycles. The molecule has 200 valence electrons. The van der Waals surface area contributed by atoms with Crippen molar-refractivity contribution in [3.8, 4) is 5.75 Å². The van der Waals surface area contributed by atoms with E-state index in [1.165, 1.54) is 17.3 Å². The molecule has 5 rings (SSSR count). The molecule has 0 spiro atoms. The van der Waals surface area contributed by atoms with Crippen molar-refractivity contribution in [3.63, 3.8) is 0 Å². The van der Waals surface area contributed by atoms with E-state index in [9.17, 15) is 9.90 Å². The van der Waals surface area contributed by atoms with Crippen LogP contribution in [0.5, 0.6) is 5.75 Å². The number of hydrogen-bond acceptors (Lipinski definition) is 8. The van der Waals surface area contributed by atoms with E-state index >= 15 is 0 Å². The molecule has 0 saturated heterocycles. The first-order valence-electron chi connectivity index (χ1n) is 12.8. The van der Waals surface area contributed by atoms with Crippen LogP contribution in [0, 0.1) is 0 Å². The van der Waals surface area contributed by atoms with Gasteiger partial charge in [-0.15, -0.1) is 0 Å². The van der Waals surface area contributed by atoms with Crippen molar-refractivity contribution in [2.45, 2.75) is 25.5 Å². The van der Waals surface area contributed by atoms with Crippen LogP contribution in [-0.4, -0.2) is 46.6 Å². The summed E-state index contributed by atoms with van der Waals surface area (Å²) in [5, 5.41) is 17.3. The third-order valence-electron chi connectivity index (χ3n) is 6.89. The van der Waals surface area contributed by atoms with E-state index in [0.717, 1.165) is 36.3 Å². The maximum absolute atomic E-state index is 12.2. The molecule has 9 nitrogen and oxygen atoms in total. The number of nitrogens with zero attached hydrogens (tertiary/aromatic N) is 3. The molecule has 1 aliphatic rings. The van der Waals surface area contributed by atoms with E-state index in [1.54, 1.807) is 7.11 Å². The summed E-state index contributed by atoms with van der Waals surface area (Å²) in [5.41, 5.74) is 11.4. The first kappa shape index (κ1) is 26.1. The molecule has 0 saturated carbocycles. The van der Waals surface area contributed by atoms with Crippen molar-refractivity contribution >= 4 is 29.0 Å². The number of benzene rings is 3. The lowest BCUT2D eigenvalue weighted by Gasteiger charge is -2.26. The number of nitrogens with two attached hydrogens (primary N) is 1. The van der Waals surface area contributed by atoms with Crippen LogP contribution in [0.15, 0.2) is 72.9 Å². The predicted molar refractivity (Wildman–Crippen MR) is 152 cm³/mol. The van der Waals surface area contributed by atoms with Crippen molar-refractivity contribution in [1.82, 2.24) is 14.9 Å². The molecular weight excluding hydrogens is 492 g/mol. The Hall–Kier alpha value is -4.47. The summed E-state index contributed by atoms with van der Waals surface area (Å²) in [4.78, 5) is 23.5. The summed E-state index contributed by atoms with van der Waals surface area (Å²) in [7, 11) is 3.73. The number of ether oxygens (including phenoxy) is 1. The molecule has 2 heterocycles. The predicted octanol–water partition coefficient (Wildman–Crippen LogP) is 4.34. The van der Waals surface area contributed by atoms with Crippen LogP contribution in [0.1, 0.15) is 38.7 Å². The highest BCUT2D eigenvalue weighted by molar-refractivity contribution is 5.98. The molecule has 39 heavy (non-hydrogen) atoms. The summed E-state index contributed by atoms with van der Waals surface area (Å²) in [6, 6.07) is 21.2. The summed E-state index contributed by atoms with van der Waals surface area (Å²) in [5.74, 6) is 0.584. The average molecular weight is 525 g/mol. The number of carbonyl (C=O) groups is 1. The van der Waals surface area contributed by atoms with Crippen molar-refractivity contribution in [2.24, 2.45) is 5.73 Å². The van der Waals surface area contributed by atoms with E-state index in [2.05, 4.69) is 44.7 Å². The molecule has 3 aromatic carbocycles. The third-order valence-corrected chi connectivity index (χ3v) is 6.89. The van der Waals surface area contributed by atoms with Gasteiger partial charge in [-0.2, -0.15) is 4.98 Å². The Bertz CT molecular complexity index is 1480. The van der Waals surface area contributed by atoms with Gasteiger partial charge in [-0.3, -0.25) is 4.79 Å². The minimum atomic E-state index is -0.692. The number of likely N-dealkylation sites (N-methyl/N-ethyl adjacent to an activating group) is 1. The molecule has 0 fully saturated rings. The Balaban J connectivity index is 1.44. The fourth-order valence-corrected chi connectivity index (χ4v) is 4.78. The van der Waals surface area contributed by atoms with Gasteiger partial charge in [-0.1, -0.05) is 48.5 Å². The largest absolute Gasteiger partial charge is 0.495 e. The van der Waals surface area contributed by atoms with Crippen LogP contribution < -0.4 is 21.1 Å². The second-order valence-corrected chi connectivity index (χ2v) is 9.67. The lowest BCUT2D eigenvalue weighted by atomic mass is 9.99. The number of fused-ring (bicyclic) bond motifs is 1. The molecular formula is C30H32N6O3. The van der Waals surface area contributed by atoms with Gasteiger partial charge < -0.3 is 31.1 Å². The van der Waals surface area contributed by atoms with Gasteiger partial charge in [0, 0.05) is 31.4 Å². The fraction of sp³-hybridized carbons (Fsp3) is 0.233. The van der Waals surface area contributed by atoms with Crippen LogP contribution in [0.2, 0.25) is 0 Å². The first-order valence-corrected chi connectivity index (χ1v) is 12.8. The Morgan fingerprint density at radius 2 is 1.85 bits per heavy atom. The zero-order chi connectivity index (χ0) is 27.4. The summed E-state index contributed by atoms with van der Waals surface area (Å²) >= 11 is 0. The second-order valence-electron chi connectivity index (χ2n) is 9.67. The van der Waals surface area contributed by atoms with E-state index in [1.807, 2.05) is 54.6 Å². The molecule has 1 aliphatic heterocycles. The van der Waals surface area contributed by atoms with E-state index in [4.69, 9.17) is 10.5 Å². The molecule has 1 amide bonds. The highest BCUT2D eigenvalue weighted by Crippen LogP contribution is 2.34. The normalized spacial score (nSPS) is 13.8. The quantitative estimate of drug-likeness (QED) is 0.255. The number of aliphatic hydroxyl groups is 1. The topological polar surface area (TPSA) is 126 Å². The monoisotopic (exact) mass is 524 g/mol. The molecule has 0 radical (unpaired) electrons. The minimum Gasteiger partial charge on any atom is -0.495 e. The van der Waals surface area contributed by atoms with Gasteiger partial charge in [0.1, 0.15) is 17.1 Å². The summed E-state index contributed by atoms with van der Waals surface area (Å²) < 4.78 is 5.64. The van der Waals surface area contributed by atoms with Crippen LogP contribution >= 0.6 is 0 Å². The SMILES string of the molecule is COc1cc2c(cc1Nc1ncc(C(N)=O)c(Nc3ccccc3C[C@H](O)c3ccccc3)n1)CN(C)CC2. The maximum Gasteiger partial charge on any atom is 0.254 e. The Labute approximate surface area is 227 Å². The van der Waals surface area contributed by atoms with E-state index < -0.39 is 12.0 Å². The highest BCUT2D eigenvalue weighted by atomic mass is 16.5. The zero-order valence-electron chi connectivity index (χ0n) is 22.0. The zero-order valence-corrected chi connectivity index (χ0v) is 22.0. The Morgan fingerprint density at radius 1 is 1.08 bits per heavy atom. The molecule has 0 unspecified atom stereocenters. The molecule has 1 aromatic heterocycles. The number of primary amides is 1. The number of anilines is 4. The van der Waals surface area contributed by atoms with Gasteiger partial charge in [0.15, 0.2) is 0 Å². The Kier molecular flexibility index (Phi) is 7.72. The number of carbonyl (C=O) groups excluding carboxylic acids is 1. The first-order chi connectivity index (χ1) is 18.9. The number of nitrogens with one attached hydrogen (secondary N) is 2. The van der Waals surface area contributed by atoms with Gasteiger partial charge in [0.2, 0.25) is 5.95 Å².